The molecule has 0 aromatic carbocycles. The molecule has 1 unspecified atom stereocenters. The second kappa shape index (κ2) is 7.25. The van der Waals surface area contributed by atoms with Crippen LogP contribution in [0.3, 0.4) is 0 Å². The first-order chi connectivity index (χ1) is 8.17. The third kappa shape index (κ3) is 4.72. The molecule has 1 amide bonds. The van der Waals surface area contributed by atoms with E-state index >= 15 is 0 Å². The number of thioether (sulfide) groups is 1. The zero-order chi connectivity index (χ0) is 12.7. The molecule has 0 radical (unpaired) electrons. The van der Waals surface area contributed by atoms with Gasteiger partial charge in [-0.05, 0) is 13.0 Å². The van der Waals surface area contributed by atoms with Crippen LogP contribution in [0.25, 0.3) is 0 Å². The number of amides is 1. The van der Waals surface area contributed by atoms with Crippen LogP contribution >= 0.6 is 11.8 Å². The molecule has 7 nitrogen and oxygen atoms in total. The summed E-state index contributed by atoms with van der Waals surface area (Å²) in [6.45, 7) is 3.56. The van der Waals surface area contributed by atoms with Crippen LogP contribution in [0.1, 0.15) is 23.8 Å². The third-order valence-corrected chi connectivity index (χ3v) is 3.42. The molecule has 0 aliphatic carbocycles. The van der Waals surface area contributed by atoms with Crippen LogP contribution in [0, 0.1) is 0 Å². The third-order valence-electron chi connectivity index (χ3n) is 2.20. The van der Waals surface area contributed by atoms with Gasteiger partial charge < -0.3 is 5.73 Å². The van der Waals surface area contributed by atoms with Gasteiger partial charge in [0.1, 0.15) is 0 Å². The molecule has 5 N–H and O–H groups in total. The zero-order valence-corrected chi connectivity index (χ0v) is 10.6. The van der Waals surface area contributed by atoms with Crippen LogP contribution in [0.15, 0.2) is 6.20 Å². The molecule has 0 saturated carbocycles. The minimum absolute atomic E-state index is 0.229. The second-order valence-corrected chi connectivity index (χ2v) is 5.15. The van der Waals surface area contributed by atoms with E-state index in [2.05, 4.69) is 17.2 Å². The normalized spacial score (nSPS) is 12.4. The topological polar surface area (TPSA) is 112 Å². The molecule has 96 valence electrons. The van der Waals surface area contributed by atoms with Crippen LogP contribution in [0.4, 0.5) is 0 Å². The summed E-state index contributed by atoms with van der Waals surface area (Å²) < 4.78 is 1.63. The number of nitrogen functional groups attached to an aromatic ring is 1. The van der Waals surface area contributed by atoms with Gasteiger partial charge in [0.15, 0.2) is 5.69 Å². The van der Waals surface area contributed by atoms with E-state index in [9.17, 15) is 4.79 Å². The van der Waals surface area contributed by atoms with E-state index in [1.165, 1.54) is 0 Å². The lowest BCUT2D eigenvalue weighted by atomic mass is 10.3. The average Bonchev–Trinajstić information content (AvgIpc) is 2.77. The van der Waals surface area contributed by atoms with Crippen LogP contribution < -0.4 is 17.0 Å². The van der Waals surface area contributed by atoms with Crippen molar-refractivity contribution >= 4 is 17.7 Å². The number of nitrogens with one attached hydrogen (secondary N) is 1. The number of rotatable bonds is 7. The lowest BCUT2D eigenvalue weighted by molar-refractivity contribution is 0.0948. The SMILES string of the molecule is CC(CCN)SCCn1cc(C(=O)NN)nn1. The first-order valence-corrected chi connectivity index (χ1v) is 6.45. The lowest BCUT2D eigenvalue weighted by Gasteiger charge is -2.08. The van der Waals surface area contributed by atoms with E-state index in [0.717, 1.165) is 12.2 Å². The number of hydrazine groups is 1. The molecule has 0 aliphatic heterocycles. The molecule has 1 rings (SSSR count). The Morgan fingerprint density at radius 3 is 3.12 bits per heavy atom. The Morgan fingerprint density at radius 1 is 1.71 bits per heavy atom. The van der Waals surface area contributed by atoms with Gasteiger partial charge in [-0.3, -0.25) is 14.9 Å². The van der Waals surface area contributed by atoms with Crippen molar-refractivity contribution in [1.82, 2.24) is 20.4 Å². The lowest BCUT2D eigenvalue weighted by Crippen LogP contribution is -2.30. The Balaban J connectivity index is 2.32. The Labute approximate surface area is 104 Å². The molecule has 0 bridgehead atoms. The maximum absolute atomic E-state index is 11.1. The standard InChI is InChI=1S/C9H18N6OS/c1-7(2-3-10)17-5-4-15-6-8(13-14-15)9(16)12-11/h6-7H,2-5,10-11H2,1H3,(H,12,16). The molecule has 1 heterocycles. The van der Waals surface area contributed by atoms with E-state index in [0.29, 0.717) is 18.3 Å². The number of carbonyl (C=O) groups excluding carboxylic acids is 1. The molecule has 1 aromatic heterocycles. The molecule has 8 heteroatoms. The van der Waals surface area contributed by atoms with Crippen molar-refractivity contribution in [3.63, 3.8) is 0 Å². The predicted molar refractivity (Wildman–Crippen MR) is 67.3 cm³/mol. The maximum Gasteiger partial charge on any atom is 0.287 e. The molecular formula is C9H18N6OS. The largest absolute Gasteiger partial charge is 0.330 e. The molecular weight excluding hydrogens is 240 g/mol. The van der Waals surface area contributed by atoms with Gasteiger partial charge in [-0.2, -0.15) is 11.8 Å². The van der Waals surface area contributed by atoms with Crippen molar-refractivity contribution in [2.24, 2.45) is 11.6 Å². The fourth-order valence-corrected chi connectivity index (χ4v) is 2.25. The summed E-state index contributed by atoms with van der Waals surface area (Å²) in [4.78, 5) is 11.1. The summed E-state index contributed by atoms with van der Waals surface area (Å²) in [7, 11) is 0. The quantitative estimate of drug-likeness (QED) is 0.340. The van der Waals surface area contributed by atoms with Crippen LogP contribution in [-0.4, -0.2) is 38.4 Å². The first-order valence-electron chi connectivity index (χ1n) is 5.40. The van der Waals surface area contributed by atoms with Crippen LogP contribution in [0.2, 0.25) is 0 Å². The number of nitrogens with zero attached hydrogens (tertiary/aromatic N) is 3. The fraction of sp³-hybridized carbons (Fsp3) is 0.667. The van der Waals surface area contributed by atoms with E-state index in [1.807, 2.05) is 17.2 Å². The van der Waals surface area contributed by atoms with E-state index in [1.54, 1.807) is 10.9 Å². The highest BCUT2D eigenvalue weighted by molar-refractivity contribution is 7.99. The van der Waals surface area contributed by atoms with Crippen molar-refractivity contribution in [2.75, 3.05) is 12.3 Å². The Hall–Kier alpha value is -1.12. The van der Waals surface area contributed by atoms with Crippen molar-refractivity contribution in [3.8, 4) is 0 Å². The van der Waals surface area contributed by atoms with E-state index in [-0.39, 0.29) is 5.69 Å². The highest BCUT2D eigenvalue weighted by Crippen LogP contribution is 2.13. The monoisotopic (exact) mass is 258 g/mol. The van der Waals surface area contributed by atoms with Gasteiger partial charge in [-0.25, -0.2) is 5.84 Å². The molecule has 0 spiro atoms. The van der Waals surface area contributed by atoms with Gasteiger partial charge in [0.25, 0.3) is 5.91 Å². The number of aryl methyl sites for hydroxylation is 1. The summed E-state index contributed by atoms with van der Waals surface area (Å²) in [5.41, 5.74) is 7.71. The van der Waals surface area contributed by atoms with Gasteiger partial charge >= 0.3 is 0 Å². The predicted octanol–water partition coefficient (Wildman–Crippen LogP) is -0.648. The Morgan fingerprint density at radius 2 is 2.47 bits per heavy atom. The number of hydrogen-bond acceptors (Lipinski definition) is 6. The molecule has 1 atom stereocenters. The molecule has 0 aliphatic rings. The van der Waals surface area contributed by atoms with Crippen molar-refractivity contribution in [2.45, 2.75) is 25.1 Å². The van der Waals surface area contributed by atoms with Gasteiger partial charge in [0.2, 0.25) is 0 Å². The number of hydrogen-bond donors (Lipinski definition) is 3. The first kappa shape index (κ1) is 13.9. The van der Waals surface area contributed by atoms with Gasteiger partial charge in [-0.1, -0.05) is 12.1 Å². The van der Waals surface area contributed by atoms with Crippen molar-refractivity contribution in [1.29, 1.82) is 0 Å². The Kier molecular flexibility index (Phi) is 5.95. The summed E-state index contributed by atoms with van der Waals surface area (Å²) in [5, 5.41) is 8.09. The highest BCUT2D eigenvalue weighted by Gasteiger charge is 2.08. The zero-order valence-electron chi connectivity index (χ0n) is 9.80. The average molecular weight is 258 g/mol. The maximum atomic E-state index is 11.1. The summed E-state index contributed by atoms with van der Waals surface area (Å²) >= 11 is 1.83. The number of nitrogens with two attached hydrogens (primary N) is 2. The summed E-state index contributed by atoms with van der Waals surface area (Å²) in [6, 6.07) is 0. The highest BCUT2D eigenvalue weighted by atomic mass is 32.2. The summed E-state index contributed by atoms with van der Waals surface area (Å²) in [5.74, 6) is 5.47. The summed E-state index contributed by atoms with van der Waals surface area (Å²) in [6.07, 6.45) is 2.58. The van der Waals surface area contributed by atoms with E-state index in [4.69, 9.17) is 11.6 Å². The van der Waals surface area contributed by atoms with Gasteiger partial charge in [0.05, 0.1) is 12.7 Å². The van der Waals surface area contributed by atoms with Crippen LogP contribution in [-0.2, 0) is 6.54 Å². The van der Waals surface area contributed by atoms with E-state index < -0.39 is 5.91 Å². The molecule has 1 aromatic rings. The van der Waals surface area contributed by atoms with Crippen molar-refractivity contribution < 1.29 is 4.79 Å². The van der Waals surface area contributed by atoms with Crippen molar-refractivity contribution in [3.05, 3.63) is 11.9 Å². The number of carbonyl (C=O) groups is 1. The smallest absolute Gasteiger partial charge is 0.287 e. The second-order valence-electron chi connectivity index (χ2n) is 3.60. The minimum atomic E-state index is -0.430. The molecule has 0 fully saturated rings. The van der Waals surface area contributed by atoms with Gasteiger partial charge in [0, 0.05) is 11.0 Å². The number of aromatic nitrogens is 3. The molecule has 0 saturated heterocycles. The molecule has 17 heavy (non-hydrogen) atoms. The van der Waals surface area contributed by atoms with Gasteiger partial charge in [-0.15, -0.1) is 5.10 Å². The fourth-order valence-electron chi connectivity index (χ4n) is 1.25. The minimum Gasteiger partial charge on any atom is -0.330 e. The van der Waals surface area contributed by atoms with Crippen LogP contribution in [0.5, 0.6) is 0 Å². The Bertz CT molecular complexity index is 355.